The fourth-order valence-corrected chi connectivity index (χ4v) is 1.70. The van der Waals surface area contributed by atoms with Crippen LogP contribution in [0.4, 0.5) is 0 Å². The lowest BCUT2D eigenvalue weighted by Gasteiger charge is -2.16. The van der Waals surface area contributed by atoms with Crippen molar-refractivity contribution in [1.82, 2.24) is 9.03 Å². The molecule has 90 valence electrons. The van der Waals surface area contributed by atoms with E-state index in [1.54, 1.807) is 0 Å². The van der Waals surface area contributed by atoms with Gasteiger partial charge in [0.05, 0.1) is 13.5 Å². The Morgan fingerprint density at radius 1 is 1.53 bits per heavy atom. The Morgan fingerprint density at radius 2 is 2.13 bits per heavy atom. The Labute approximate surface area is 89.7 Å². The number of carbonyl (C=O) groups excluding carboxylic acids is 1. The van der Waals surface area contributed by atoms with E-state index in [1.807, 2.05) is 0 Å². The number of rotatable bonds is 7. The number of nitrogens with one attached hydrogen (secondary N) is 1. The van der Waals surface area contributed by atoms with Gasteiger partial charge in [-0.25, -0.2) is 4.72 Å². The molecule has 3 N–H and O–H groups in total. The number of nitrogens with two attached hydrogens (primary N) is 1. The van der Waals surface area contributed by atoms with Crippen LogP contribution in [0.2, 0.25) is 0 Å². The summed E-state index contributed by atoms with van der Waals surface area (Å²) in [6, 6.07) is 0. The molecule has 7 nitrogen and oxygen atoms in total. The second kappa shape index (κ2) is 6.72. The van der Waals surface area contributed by atoms with Gasteiger partial charge in [-0.15, -0.1) is 0 Å². The van der Waals surface area contributed by atoms with E-state index in [0.29, 0.717) is 0 Å². The summed E-state index contributed by atoms with van der Waals surface area (Å²) < 4.78 is 30.5. The zero-order chi connectivity index (χ0) is 11.9. The van der Waals surface area contributed by atoms with Gasteiger partial charge in [0.15, 0.2) is 0 Å². The van der Waals surface area contributed by atoms with E-state index in [4.69, 9.17) is 5.73 Å². The average molecular weight is 239 g/mol. The maximum Gasteiger partial charge on any atom is 0.306 e. The maximum absolute atomic E-state index is 11.4. The van der Waals surface area contributed by atoms with Gasteiger partial charge in [0.25, 0.3) is 10.2 Å². The second-order valence-electron chi connectivity index (χ2n) is 2.84. The van der Waals surface area contributed by atoms with Gasteiger partial charge in [0, 0.05) is 26.7 Å². The van der Waals surface area contributed by atoms with Gasteiger partial charge in [-0.05, 0) is 0 Å². The van der Waals surface area contributed by atoms with Gasteiger partial charge in [-0.3, -0.25) is 4.79 Å². The van der Waals surface area contributed by atoms with E-state index >= 15 is 0 Å². The molecule has 8 heteroatoms. The van der Waals surface area contributed by atoms with E-state index in [9.17, 15) is 13.2 Å². The minimum atomic E-state index is -3.53. The van der Waals surface area contributed by atoms with E-state index in [0.717, 1.165) is 4.31 Å². The Morgan fingerprint density at radius 3 is 2.60 bits per heavy atom. The van der Waals surface area contributed by atoms with Crippen LogP contribution >= 0.6 is 0 Å². The van der Waals surface area contributed by atoms with Crippen molar-refractivity contribution in [3.63, 3.8) is 0 Å². The number of carbonyl (C=O) groups is 1. The van der Waals surface area contributed by atoms with Gasteiger partial charge >= 0.3 is 5.97 Å². The molecule has 0 aliphatic heterocycles. The first-order valence-corrected chi connectivity index (χ1v) is 5.86. The van der Waals surface area contributed by atoms with E-state index < -0.39 is 16.2 Å². The summed E-state index contributed by atoms with van der Waals surface area (Å²) in [5, 5.41) is 0. The normalized spacial score (nSPS) is 11.7. The molecule has 0 saturated heterocycles. The van der Waals surface area contributed by atoms with Crippen molar-refractivity contribution in [2.24, 2.45) is 5.73 Å². The third-order valence-electron chi connectivity index (χ3n) is 1.70. The summed E-state index contributed by atoms with van der Waals surface area (Å²) in [5.41, 5.74) is 5.16. The quantitative estimate of drug-likeness (QED) is 0.514. The molecule has 0 aliphatic carbocycles. The van der Waals surface area contributed by atoms with E-state index in [2.05, 4.69) is 9.46 Å². The molecular weight excluding hydrogens is 222 g/mol. The van der Waals surface area contributed by atoms with Crippen molar-refractivity contribution < 1.29 is 17.9 Å². The summed E-state index contributed by atoms with van der Waals surface area (Å²) in [6.45, 7) is 0.474. The molecule has 0 aromatic carbocycles. The number of methoxy groups -OCH3 is 1. The minimum absolute atomic E-state index is 0.0243. The molecule has 0 unspecified atom stereocenters. The minimum Gasteiger partial charge on any atom is -0.469 e. The lowest BCUT2D eigenvalue weighted by atomic mass is 10.4. The molecule has 0 spiro atoms. The summed E-state index contributed by atoms with van der Waals surface area (Å²) >= 11 is 0. The highest BCUT2D eigenvalue weighted by Gasteiger charge is 2.17. The fourth-order valence-electron chi connectivity index (χ4n) is 0.769. The third-order valence-corrected chi connectivity index (χ3v) is 3.27. The number of ether oxygens (including phenoxy) is 1. The molecule has 0 rings (SSSR count). The Bertz CT molecular complexity index is 291. The molecule has 0 atom stereocenters. The highest BCUT2D eigenvalue weighted by atomic mass is 32.2. The zero-order valence-electron chi connectivity index (χ0n) is 8.89. The predicted molar refractivity (Wildman–Crippen MR) is 55.2 cm³/mol. The summed E-state index contributed by atoms with van der Waals surface area (Å²) in [4.78, 5) is 10.8. The zero-order valence-corrected chi connectivity index (χ0v) is 9.71. The van der Waals surface area contributed by atoms with Crippen molar-refractivity contribution in [2.75, 3.05) is 33.8 Å². The van der Waals surface area contributed by atoms with E-state index in [1.165, 1.54) is 14.2 Å². The average Bonchev–Trinajstić information content (AvgIpc) is 2.22. The van der Waals surface area contributed by atoms with Gasteiger partial charge in [0.1, 0.15) is 0 Å². The lowest BCUT2D eigenvalue weighted by Crippen LogP contribution is -2.41. The SMILES string of the molecule is COC(=O)CCN(C)S(=O)(=O)NCCN. The van der Waals surface area contributed by atoms with Crippen LogP contribution in [0.15, 0.2) is 0 Å². The van der Waals surface area contributed by atoms with Crippen LogP contribution in [0.5, 0.6) is 0 Å². The molecule has 0 aromatic heterocycles. The lowest BCUT2D eigenvalue weighted by molar-refractivity contribution is -0.140. The molecule has 0 saturated carbocycles. The standard InChI is InChI=1S/C7H17N3O4S/c1-10(6-3-7(11)14-2)15(12,13)9-5-4-8/h9H,3-6,8H2,1-2H3. The molecule has 0 aliphatic rings. The third kappa shape index (κ3) is 5.67. The summed E-state index contributed by atoms with van der Waals surface area (Å²) in [6.07, 6.45) is 0.0243. The smallest absolute Gasteiger partial charge is 0.306 e. The van der Waals surface area contributed by atoms with Crippen molar-refractivity contribution in [2.45, 2.75) is 6.42 Å². The molecule has 0 heterocycles. The largest absolute Gasteiger partial charge is 0.469 e. The highest BCUT2D eigenvalue weighted by Crippen LogP contribution is 1.96. The first-order valence-electron chi connectivity index (χ1n) is 4.42. The molecule has 15 heavy (non-hydrogen) atoms. The van der Waals surface area contributed by atoms with Crippen LogP contribution in [0.3, 0.4) is 0 Å². The molecule has 0 aromatic rings. The van der Waals surface area contributed by atoms with Crippen LogP contribution in [-0.4, -0.2) is 52.5 Å². The van der Waals surface area contributed by atoms with Gasteiger partial charge < -0.3 is 10.5 Å². The first-order chi connectivity index (χ1) is 6.94. The van der Waals surface area contributed by atoms with Crippen LogP contribution in [0, 0.1) is 0 Å². The topological polar surface area (TPSA) is 102 Å². The second-order valence-corrected chi connectivity index (χ2v) is 4.70. The maximum atomic E-state index is 11.4. The summed E-state index contributed by atoms with van der Waals surface area (Å²) in [7, 11) is -0.901. The van der Waals surface area contributed by atoms with Gasteiger partial charge in [-0.2, -0.15) is 12.7 Å². The van der Waals surface area contributed by atoms with Crippen molar-refractivity contribution in [3.8, 4) is 0 Å². The Kier molecular flexibility index (Phi) is 6.41. The van der Waals surface area contributed by atoms with Crippen LogP contribution in [0.1, 0.15) is 6.42 Å². The number of hydrogen-bond acceptors (Lipinski definition) is 5. The monoisotopic (exact) mass is 239 g/mol. The molecule has 0 bridgehead atoms. The van der Waals surface area contributed by atoms with Crippen LogP contribution in [0.25, 0.3) is 0 Å². The Hall–Kier alpha value is -0.700. The van der Waals surface area contributed by atoms with Crippen LogP contribution < -0.4 is 10.5 Å². The highest BCUT2D eigenvalue weighted by molar-refractivity contribution is 7.87. The van der Waals surface area contributed by atoms with E-state index in [-0.39, 0.29) is 26.1 Å². The van der Waals surface area contributed by atoms with Crippen LogP contribution in [-0.2, 0) is 19.7 Å². The number of esters is 1. The number of hydrogen-bond donors (Lipinski definition) is 2. The fraction of sp³-hybridized carbons (Fsp3) is 0.857. The van der Waals surface area contributed by atoms with Gasteiger partial charge in [0.2, 0.25) is 0 Å². The van der Waals surface area contributed by atoms with Crippen molar-refractivity contribution in [3.05, 3.63) is 0 Å². The first kappa shape index (κ1) is 14.3. The molecular formula is C7H17N3O4S. The number of nitrogens with zero attached hydrogens (tertiary/aromatic N) is 1. The molecule has 0 radical (unpaired) electrons. The van der Waals surface area contributed by atoms with Gasteiger partial charge in [-0.1, -0.05) is 0 Å². The molecule has 0 amide bonds. The van der Waals surface area contributed by atoms with Crippen molar-refractivity contribution >= 4 is 16.2 Å². The molecule has 0 fully saturated rings. The Balaban J connectivity index is 4.07. The van der Waals surface area contributed by atoms with Crippen molar-refractivity contribution in [1.29, 1.82) is 0 Å². The summed E-state index contributed by atoms with van der Waals surface area (Å²) in [5.74, 6) is -0.448. The predicted octanol–water partition coefficient (Wildman–Crippen LogP) is -1.73.